The molecule has 0 aliphatic carbocycles. The third-order valence-electron chi connectivity index (χ3n) is 3.26. The van der Waals surface area contributed by atoms with Crippen LogP contribution in [0.3, 0.4) is 0 Å². The highest BCUT2D eigenvalue weighted by Crippen LogP contribution is 2.27. The molecule has 2 N–H and O–H groups in total. The van der Waals surface area contributed by atoms with Crippen LogP contribution in [0, 0.1) is 5.92 Å². The van der Waals surface area contributed by atoms with Crippen molar-refractivity contribution >= 4 is 5.91 Å². The van der Waals surface area contributed by atoms with Gasteiger partial charge >= 0.3 is 0 Å². The standard InChI is InChI=1S/C12H24N2O/c1-10(2)8-12(3,9-13)14-7-5-4-6-11(14)15/h10H,4-9,13H2,1-3H3. The van der Waals surface area contributed by atoms with Crippen LogP contribution in [0.25, 0.3) is 0 Å². The summed E-state index contributed by atoms with van der Waals surface area (Å²) in [5.41, 5.74) is 5.72. The van der Waals surface area contributed by atoms with Crippen LogP contribution in [0.2, 0.25) is 0 Å². The number of nitrogens with two attached hydrogens (primary N) is 1. The lowest BCUT2D eigenvalue weighted by atomic mass is 9.87. The van der Waals surface area contributed by atoms with Crippen LogP contribution in [0.1, 0.15) is 46.5 Å². The largest absolute Gasteiger partial charge is 0.336 e. The highest BCUT2D eigenvalue weighted by atomic mass is 16.2. The molecule has 3 nitrogen and oxygen atoms in total. The quantitative estimate of drug-likeness (QED) is 0.772. The molecule has 1 fully saturated rings. The fraction of sp³-hybridized carbons (Fsp3) is 0.917. The molecule has 0 aromatic carbocycles. The average molecular weight is 212 g/mol. The highest BCUT2D eigenvalue weighted by molar-refractivity contribution is 5.77. The number of hydrogen-bond donors (Lipinski definition) is 1. The number of amides is 1. The third kappa shape index (κ3) is 2.94. The normalized spacial score (nSPS) is 21.9. The van der Waals surface area contributed by atoms with Crippen LogP contribution in [0.4, 0.5) is 0 Å². The molecule has 15 heavy (non-hydrogen) atoms. The molecule has 1 atom stereocenters. The molecular weight excluding hydrogens is 188 g/mol. The lowest BCUT2D eigenvalue weighted by Crippen LogP contribution is -2.56. The van der Waals surface area contributed by atoms with Crippen molar-refractivity contribution in [3.8, 4) is 0 Å². The van der Waals surface area contributed by atoms with Crippen LogP contribution >= 0.6 is 0 Å². The van der Waals surface area contributed by atoms with Crippen molar-refractivity contribution in [2.75, 3.05) is 13.1 Å². The van der Waals surface area contributed by atoms with E-state index in [2.05, 4.69) is 20.8 Å². The lowest BCUT2D eigenvalue weighted by molar-refractivity contribution is -0.140. The Labute approximate surface area is 93.0 Å². The number of hydrogen-bond acceptors (Lipinski definition) is 2. The summed E-state index contributed by atoms with van der Waals surface area (Å²) in [5.74, 6) is 0.864. The van der Waals surface area contributed by atoms with Gasteiger partial charge in [0, 0.05) is 19.5 Å². The van der Waals surface area contributed by atoms with E-state index >= 15 is 0 Å². The van der Waals surface area contributed by atoms with Crippen LogP contribution < -0.4 is 5.73 Å². The summed E-state index contributed by atoms with van der Waals surface area (Å²) in [6.07, 6.45) is 3.86. The molecule has 0 aromatic heterocycles. The van der Waals surface area contributed by atoms with Gasteiger partial charge < -0.3 is 10.6 Å². The first-order valence-corrected chi connectivity index (χ1v) is 6.00. The molecule has 1 unspecified atom stereocenters. The molecule has 0 aromatic rings. The molecule has 88 valence electrons. The van der Waals surface area contributed by atoms with Gasteiger partial charge in [-0.3, -0.25) is 4.79 Å². The molecule has 1 aliphatic rings. The lowest BCUT2D eigenvalue weighted by Gasteiger charge is -2.44. The smallest absolute Gasteiger partial charge is 0.223 e. The Bertz CT molecular complexity index is 228. The van der Waals surface area contributed by atoms with E-state index in [1.165, 1.54) is 0 Å². The van der Waals surface area contributed by atoms with E-state index in [1.807, 2.05) is 4.90 Å². The maximum atomic E-state index is 11.9. The monoisotopic (exact) mass is 212 g/mol. The van der Waals surface area contributed by atoms with Crippen molar-refractivity contribution in [2.24, 2.45) is 11.7 Å². The van der Waals surface area contributed by atoms with Gasteiger partial charge in [0.05, 0.1) is 5.54 Å². The van der Waals surface area contributed by atoms with Gasteiger partial charge in [0.2, 0.25) is 5.91 Å². The molecule has 1 saturated heterocycles. The molecule has 1 aliphatic heterocycles. The second-order valence-electron chi connectivity index (χ2n) is 5.30. The minimum absolute atomic E-state index is 0.133. The Hall–Kier alpha value is -0.570. The predicted molar refractivity (Wildman–Crippen MR) is 62.5 cm³/mol. The second-order valence-corrected chi connectivity index (χ2v) is 5.30. The van der Waals surface area contributed by atoms with Crippen molar-refractivity contribution < 1.29 is 4.79 Å². The van der Waals surface area contributed by atoms with E-state index in [9.17, 15) is 4.79 Å². The fourth-order valence-electron chi connectivity index (χ4n) is 2.56. The molecule has 0 saturated carbocycles. The first-order chi connectivity index (χ1) is 6.99. The maximum Gasteiger partial charge on any atom is 0.223 e. The van der Waals surface area contributed by atoms with Crippen molar-refractivity contribution in [3.63, 3.8) is 0 Å². The predicted octanol–water partition coefficient (Wildman–Crippen LogP) is 1.76. The average Bonchev–Trinajstić information content (AvgIpc) is 2.17. The van der Waals surface area contributed by atoms with E-state index in [1.54, 1.807) is 0 Å². The van der Waals surface area contributed by atoms with Gasteiger partial charge in [0.25, 0.3) is 0 Å². The summed E-state index contributed by atoms with van der Waals surface area (Å²) in [4.78, 5) is 13.9. The molecule has 1 heterocycles. The minimum atomic E-state index is -0.133. The second kappa shape index (κ2) is 4.97. The number of carbonyl (C=O) groups excluding carboxylic acids is 1. The molecular formula is C12H24N2O. The minimum Gasteiger partial charge on any atom is -0.336 e. The Morgan fingerprint density at radius 2 is 2.13 bits per heavy atom. The van der Waals surface area contributed by atoms with E-state index in [0.29, 0.717) is 18.9 Å². The van der Waals surface area contributed by atoms with Gasteiger partial charge in [-0.05, 0) is 32.1 Å². The van der Waals surface area contributed by atoms with Gasteiger partial charge in [0.15, 0.2) is 0 Å². The van der Waals surface area contributed by atoms with E-state index in [4.69, 9.17) is 5.73 Å². The van der Waals surface area contributed by atoms with Crippen molar-refractivity contribution in [1.82, 2.24) is 4.90 Å². The molecule has 3 heteroatoms. The number of carbonyl (C=O) groups is 1. The molecule has 1 amide bonds. The zero-order valence-electron chi connectivity index (χ0n) is 10.3. The van der Waals surface area contributed by atoms with Gasteiger partial charge in [-0.1, -0.05) is 13.8 Å². The van der Waals surface area contributed by atoms with E-state index in [-0.39, 0.29) is 11.4 Å². The summed E-state index contributed by atoms with van der Waals surface area (Å²) in [7, 11) is 0. The number of likely N-dealkylation sites (tertiary alicyclic amines) is 1. The van der Waals surface area contributed by atoms with Gasteiger partial charge in [0.1, 0.15) is 0 Å². The molecule has 0 spiro atoms. The zero-order chi connectivity index (χ0) is 11.5. The van der Waals surface area contributed by atoms with Crippen molar-refractivity contribution in [1.29, 1.82) is 0 Å². The summed E-state index contributed by atoms with van der Waals surface area (Å²) in [5, 5.41) is 0. The Balaban J connectivity index is 2.74. The summed E-state index contributed by atoms with van der Waals surface area (Å²) < 4.78 is 0. The van der Waals surface area contributed by atoms with Crippen LogP contribution in [0.15, 0.2) is 0 Å². The highest BCUT2D eigenvalue weighted by Gasteiger charge is 2.35. The first kappa shape index (κ1) is 12.5. The van der Waals surface area contributed by atoms with E-state index in [0.717, 1.165) is 25.8 Å². The zero-order valence-corrected chi connectivity index (χ0v) is 10.3. The summed E-state index contributed by atoms with van der Waals surface area (Å²) >= 11 is 0. The summed E-state index contributed by atoms with van der Waals surface area (Å²) in [6.45, 7) is 7.94. The number of nitrogens with zero attached hydrogens (tertiary/aromatic N) is 1. The van der Waals surface area contributed by atoms with Crippen molar-refractivity contribution in [2.45, 2.75) is 52.0 Å². The van der Waals surface area contributed by atoms with E-state index < -0.39 is 0 Å². The maximum absolute atomic E-state index is 11.9. The first-order valence-electron chi connectivity index (χ1n) is 6.00. The third-order valence-corrected chi connectivity index (χ3v) is 3.26. The molecule has 1 rings (SSSR count). The van der Waals surface area contributed by atoms with Crippen LogP contribution in [-0.4, -0.2) is 29.4 Å². The van der Waals surface area contributed by atoms with Gasteiger partial charge in [-0.15, -0.1) is 0 Å². The summed E-state index contributed by atoms with van der Waals surface area (Å²) in [6, 6.07) is 0. The van der Waals surface area contributed by atoms with Crippen LogP contribution in [-0.2, 0) is 4.79 Å². The Morgan fingerprint density at radius 3 is 2.60 bits per heavy atom. The Kier molecular flexibility index (Phi) is 4.14. The number of rotatable bonds is 4. The molecule has 0 radical (unpaired) electrons. The van der Waals surface area contributed by atoms with Crippen molar-refractivity contribution in [3.05, 3.63) is 0 Å². The van der Waals surface area contributed by atoms with Gasteiger partial charge in [-0.25, -0.2) is 0 Å². The number of piperidine rings is 1. The fourth-order valence-corrected chi connectivity index (χ4v) is 2.56. The Morgan fingerprint density at radius 1 is 1.47 bits per heavy atom. The SMILES string of the molecule is CC(C)CC(C)(CN)N1CCCCC1=O. The van der Waals surface area contributed by atoms with Crippen LogP contribution in [0.5, 0.6) is 0 Å². The topological polar surface area (TPSA) is 46.3 Å². The van der Waals surface area contributed by atoms with Gasteiger partial charge in [-0.2, -0.15) is 0 Å². The molecule has 0 bridgehead atoms.